The molecule has 0 aromatic heterocycles. The average Bonchev–Trinajstić information content (AvgIpc) is 2.03. The summed E-state index contributed by atoms with van der Waals surface area (Å²) in [6, 6.07) is 6.83. The fourth-order valence-corrected chi connectivity index (χ4v) is 1.43. The van der Waals surface area contributed by atoms with E-state index in [0.29, 0.717) is 5.69 Å². The molecule has 0 heterocycles. The van der Waals surface area contributed by atoms with E-state index in [1.165, 1.54) is 0 Å². The molecule has 0 radical (unpaired) electrons. The molecule has 0 N–H and O–H groups in total. The van der Waals surface area contributed by atoms with Crippen molar-refractivity contribution in [2.45, 2.75) is 0 Å². The molecule has 1 aromatic rings. The first-order valence-electron chi connectivity index (χ1n) is 3.02. The molecular formula is C7H4ClFINS. The van der Waals surface area contributed by atoms with Crippen LogP contribution in [0.5, 0.6) is 0 Å². The summed E-state index contributed by atoms with van der Waals surface area (Å²) in [6.07, 6.45) is 0. The molecule has 0 bridgehead atoms. The van der Waals surface area contributed by atoms with Crippen molar-refractivity contribution in [3.05, 3.63) is 27.8 Å². The largest absolute Gasteiger partial charge is 0.204 e. The summed E-state index contributed by atoms with van der Waals surface area (Å²) in [4.78, 5) is 0. The third-order valence-corrected chi connectivity index (χ3v) is 2.17. The minimum Gasteiger partial charge on any atom is -0.157 e. The number of rotatable bonds is 1. The number of anilines is 1. The zero-order valence-electron chi connectivity index (χ0n) is 5.80. The van der Waals surface area contributed by atoms with Crippen molar-refractivity contribution in [2.24, 2.45) is 0 Å². The van der Waals surface area contributed by atoms with Crippen LogP contribution in [-0.2, 0) is 0 Å². The lowest BCUT2D eigenvalue weighted by Crippen LogP contribution is -2.13. The van der Waals surface area contributed by atoms with Crippen molar-refractivity contribution in [2.75, 3.05) is 5.12 Å². The summed E-state index contributed by atoms with van der Waals surface area (Å²) in [5.41, 5.74) is 0.349. The highest BCUT2D eigenvalue weighted by atomic mass is 127. The molecule has 0 aliphatic rings. The number of halogens is 3. The zero-order chi connectivity index (χ0) is 9.14. The smallest absolute Gasteiger partial charge is 0.157 e. The fourth-order valence-electron chi connectivity index (χ4n) is 0.700. The Morgan fingerprint density at radius 2 is 2.25 bits per heavy atom. The van der Waals surface area contributed by atoms with E-state index in [1.54, 1.807) is 18.2 Å². The van der Waals surface area contributed by atoms with Crippen molar-refractivity contribution in [1.82, 2.24) is 0 Å². The molecule has 0 aliphatic carbocycles. The van der Waals surface area contributed by atoms with Crippen molar-refractivity contribution < 1.29 is 4.48 Å². The average molecular weight is 316 g/mol. The van der Waals surface area contributed by atoms with E-state index < -0.39 is 0 Å². The van der Waals surface area contributed by atoms with Crippen LogP contribution in [0, 0.1) is 3.57 Å². The van der Waals surface area contributed by atoms with Crippen LogP contribution in [0.4, 0.5) is 10.2 Å². The molecule has 64 valence electrons. The molecule has 0 fully saturated rings. The van der Waals surface area contributed by atoms with Gasteiger partial charge in [0.05, 0.1) is 5.69 Å². The van der Waals surface area contributed by atoms with E-state index in [1.807, 2.05) is 6.07 Å². The van der Waals surface area contributed by atoms with Gasteiger partial charge in [0.2, 0.25) is 4.45 Å². The molecule has 1 aromatic carbocycles. The summed E-state index contributed by atoms with van der Waals surface area (Å²) in [7, 11) is 0. The van der Waals surface area contributed by atoms with E-state index in [2.05, 4.69) is 34.8 Å². The summed E-state index contributed by atoms with van der Waals surface area (Å²) in [6.45, 7) is 0. The van der Waals surface area contributed by atoms with E-state index in [9.17, 15) is 4.48 Å². The highest BCUT2D eigenvalue weighted by molar-refractivity contribution is 14.1. The van der Waals surface area contributed by atoms with Gasteiger partial charge in [0.1, 0.15) is 0 Å². The minimum absolute atomic E-state index is 0.263. The highest BCUT2D eigenvalue weighted by Crippen LogP contribution is 2.19. The summed E-state index contributed by atoms with van der Waals surface area (Å²) < 4.78 is 13.6. The first-order chi connectivity index (χ1) is 5.61. The first-order valence-corrected chi connectivity index (χ1v) is 4.88. The van der Waals surface area contributed by atoms with Crippen molar-refractivity contribution >= 4 is 56.5 Å². The maximum Gasteiger partial charge on any atom is 0.204 e. The predicted octanol–water partition coefficient (Wildman–Crippen LogP) is 3.51. The zero-order valence-corrected chi connectivity index (χ0v) is 9.53. The Morgan fingerprint density at radius 1 is 1.58 bits per heavy atom. The van der Waals surface area contributed by atoms with Gasteiger partial charge >= 0.3 is 0 Å². The molecule has 0 amide bonds. The third-order valence-electron chi connectivity index (χ3n) is 1.19. The molecule has 0 saturated carbocycles. The monoisotopic (exact) mass is 315 g/mol. The normalized spacial score (nSPS) is 9.58. The predicted molar refractivity (Wildman–Crippen MR) is 61.2 cm³/mol. The number of benzene rings is 1. The van der Waals surface area contributed by atoms with E-state index in [4.69, 9.17) is 11.6 Å². The molecule has 0 aliphatic heterocycles. The van der Waals surface area contributed by atoms with Crippen LogP contribution >= 0.6 is 46.4 Å². The molecule has 0 atom stereocenters. The van der Waals surface area contributed by atoms with Crippen LogP contribution in [0.25, 0.3) is 0 Å². The van der Waals surface area contributed by atoms with Gasteiger partial charge in [-0.1, -0.05) is 10.5 Å². The van der Waals surface area contributed by atoms with Crippen LogP contribution in [-0.4, -0.2) is 4.45 Å². The van der Waals surface area contributed by atoms with Crippen molar-refractivity contribution in [3.63, 3.8) is 0 Å². The van der Waals surface area contributed by atoms with E-state index in [0.717, 1.165) is 3.57 Å². The summed E-state index contributed by atoms with van der Waals surface area (Å²) >= 11 is 11.8. The highest BCUT2D eigenvalue weighted by Gasteiger charge is 2.07. The minimum atomic E-state index is -0.308. The van der Waals surface area contributed by atoms with Gasteiger partial charge in [-0.15, -0.1) is 0 Å². The Morgan fingerprint density at radius 3 is 2.75 bits per heavy atom. The van der Waals surface area contributed by atoms with Crippen LogP contribution in [0.3, 0.4) is 0 Å². The molecule has 0 saturated heterocycles. The SMILES string of the molecule is FN(C(=S)Cl)c1cccc(I)c1. The van der Waals surface area contributed by atoms with Gasteiger partial charge in [-0.2, -0.15) is 5.12 Å². The van der Waals surface area contributed by atoms with Gasteiger partial charge in [0, 0.05) is 3.57 Å². The lowest BCUT2D eigenvalue weighted by atomic mass is 10.3. The van der Waals surface area contributed by atoms with Gasteiger partial charge in [0.25, 0.3) is 0 Å². The molecule has 0 spiro atoms. The Bertz CT molecular complexity index is 307. The van der Waals surface area contributed by atoms with Crippen LogP contribution in [0.2, 0.25) is 0 Å². The maximum absolute atomic E-state index is 13.0. The second-order valence-electron chi connectivity index (χ2n) is 2.01. The van der Waals surface area contributed by atoms with Gasteiger partial charge in [-0.05, 0) is 64.6 Å². The van der Waals surface area contributed by atoms with E-state index >= 15 is 0 Å². The molecule has 0 unspecified atom stereocenters. The third kappa shape index (κ3) is 2.53. The first kappa shape index (κ1) is 10.1. The second-order valence-corrected chi connectivity index (χ2v) is 4.23. The van der Waals surface area contributed by atoms with Gasteiger partial charge in [0.15, 0.2) is 0 Å². The van der Waals surface area contributed by atoms with Crippen LogP contribution in [0.15, 0.2) is 24.3 Å². The molecule has 12 heavy (non-hydrogen) atoms. The number of hydrogen-bond acceptors (Lipinski definition) is 1. The number of thiocarbonyl (C=S) groups is 1. The Hall–Kier alpha value is 0.0600. The Kier molecular flexibility index (Phi) is 3.67. The molecule has 5 heteroatoms. The summed E-state index contributed by atoms with van der Waals surface area (Å²) in [5, 5.41) is 0.263. The Labute approximate surface area is 93.6 Å². The van der Waals surface area contributed by atoms with Gasteiger partial charge < -0.3 is 0 Å². The second kappa shape index (κ2) is 4.34. The van der Waals surface area contributed by atoms with E-state index in [-0.39, 0.29) is 9.57 Å². The van der Waals surface area contributed by atoms with Crippen molar-refractivity contribution in [1.29, 1.82) is 0 Å². The number of nitrogens with zero attached hydrogens (tertiary/aromatic N) is 1. The lowest BCUT2D eigenvalue weighted by molar-refractivity contribution is 0.528. The fraction of sp³-hybridized carbons (Fsp3) is 0. The topological polar surface area (TPSA) is 3.24 Å². The number of hydrogen-bond donors (Lipinski definition) is 0. The maximum atomic E-state index is 13.0. The van der Waals surface area contributed by atoms with Crippen molar-refractivity contribution in [3.8, 4) is 0 Å². The summed E-state index contributed by atoms with van der Waals surface area (Å²) in [5.74, 6) is 0. The lowest BCUT2D eigenvalue weighted by Gasteiger charge is -2.09. The van der Waals surface area contributed by atoms with Gasteiger partial charge in [-0.3, -0.25) is 0 Å². The van der Waals surface area contributed by atoms with Gasteiger partial charge in [-0.25, -0.2) is 0 Å². The van der Waals surface area contributed by atoms with Crippen LogP contribution in [0.1, 0.15) is 0 Å². The molecular weight excluding hydrogens is 312 g/mol. The van der Waals surface area contributed by atoms with Crippen LogP contribution < -0.4 is 5.12 Å². The quantitative estimate of drug-likeness (QED) is 0.256. The molecule has 1 rings (SSSR count). The Balaban J connectivity index is 2.95. The molecule has 1 nitrogen and oxygen atoms in total. The standard InChI is InChI=1S/C7H4ClFINS/c8-7(12)11(9)6-3-1-2-5(10)4-6/h1-4H.